The van der Waals surface area contributed by atoms with Gasteiger partial charge in [0.2, 0.25) is 5.91 Å². The molecule has 4 aromatic rings. The Balaban J connectivity index is 0.966. The smallest absolute Gasteiger partial charge is 0.239 e. The lowest BCUT2D eigenvalue weighted by atomic mass is 9.88. The van der Waals surface area contributed by atoms with E-state index >= 15 is 0 Å². The maximum absolute atomic E-state index is 13.3. The van der Waals surface area contributed by atoms with Gasteiger partial charge in [-0.25, -0.2) is 0 Å². The topological polar surface area (TPSA) is 66.0 Å². The van der Waals surface area contributed by atoms with E-state index in [4.69, 9.17) is 21.8 Å². The second-order valence-corrected chi connectivity index (χ2v) is 11.9. The van der Waals surface area contributed by atoms with Crippen molar-refractivity contribution in [3.63, 3.8) is 0 Å². The fourth-order valence-corrected chi connectivity index (χ4v) is 6.61. The van der Waals surface area contributed by atoms with Gasteiger partial charge in [0, 0.05) is 55.2 Å². The van der Waals surface area contributed by atoms with E-state index < -0.39 is 6.04 Å². The summed E-state index contributed by atoms with van der Waals surface area (Å²) in [5.74, 6) is 0.350. The highest BCUT2D eigenvalue weighted by Gasteiger charge is 2.32. The summed E-state index contributed by atoms with van der Waals surface area (Å²) < 4.78 is 5.71. The zero-order valence-corrected chi connectivity index (χ0v) is 24.3. The normalized spacial score (nSPS) is 18.1. The highest BCUT2D eigenvalue weighted by atomic mass is 35.5. The molecule has 2 aliphatic rings. The quantitative estimate of drug-likeness (QED) is 0.295. The molecule has 2 N–H and O–H groups in total. The van der Waals surface area contributed by atoms with Crippen molar-refractivity contribution in [3.8, 4) is 11.1 Å². The van der Waals surface area contributed by atoms with E-state index in [1.54, 1.807) is 0 Å². The Morgan fingerprint density at radius 1 is 0.878 bits per heavy atom. The molecule has 7 heteroatoms. The van der Waals surface area contributed by atoms with E-state index in [9.17, 15) is 4.79 Å². The first kappa shape index (κ1) is 28.0. The van der Waals surface area contributed by atoms with Crippen LogP contribution >= 0.6 is 11.6 Å². The molecule has 0 bridgehead atoms. The standard InChI is InChI=1S/C34H39ClN4O2/c35-29-10-11-30(25-6-2-1-3-7-25)27(22-29)14-17-37-15-12-26(13-16-37)33(36)34(40)39-20-18-38(19-21-39)23-28-24-41-32-9-5-4-8-31(28)32/h1-11,22,24,26,33H,12-21,23,36H2/t33-/m1/s1. The molecule has 214 valence electrons. The van der Waals surface area contributed by atoms with Crippen molar-refractivity contribution in [2.75, 3.05) is 45.8 Å². The Morgan fingerprint density at radius 2 is 1.61 bits per heavy atom. The van der Waals surface area contributed by atoms with Gasteiger partial charge in [0.25, 0.3) is 0 Å². The Labute approximate surface area is 247 Å². The number of halogens is 1. The van der Waals surface area contributed by atoms with Gasteiger partial charge in [0.15, 0.2) is 0 Å². The zero-order chi connectivity index (χ0) is 28.2. The van der Waals surface area contributed by atoms with E-state index in [0.29, 0.717) is 0 Å². The fourth-order valence-electron chi connectivity index (χ4n) is 6.42. The highest BCUT2D eigenvalue weighted by Crippen LogP contribution is 2.28. The Morgan fingerprint density at radius 3 is 2.39 bits per heavy atom. The van der Waals surface area contributed by atoms with Crippen LogP contribution in [0.15, 0.2) is 83.5 Å². The van der Waals surface area contributed by atoms with Crippen LogP contribution in [0.2, 0.25) is 5.02 Å². The second kappa shape index (κ2) is 12.8. The van der Waals surface area contributed by atoms with Gasteiger partial charge in [-0.1, -0.05) is 66.2 Å². The molecule has 1 atom stereocenters. The molecule has 6 nitrogen and oxygen atoms in total. The number of piperidine rings is 1. The summed E-state index contributed by atoms with van der Waals surface area (Å²) in [5, 5.41) is 1.95. The number of fused-ring (bicyclic) bond motifs is 1. The monoisotopic (exact) mass is 570 g/mol. The van der Waals surface area contributed by atoms with E-state index in [1.165, 1.54) is 27.6 Å². The molecular weight excluding hydrogens is 532 g/mol. The Hall–Kier alpha value is -3.16. The van der Waals surface area contributed by atoms with Crippen molar-refractivity contribution in [1.29, 1.82) is 0 Å². The number of furan rings is 1. The second-order valence-electron chi connectivity index (χ2n) is 11.5. The SMILES string of the molecule is N[C@@H](C(=O)N1CCN(Cc2coc3ccccc23)CC1)C1CCN(CCc2cc(Cl)ccc2-c2ccccc2)CC1. The van der Waals surface area contributed by atoms with Crippen LogP contribution in [0.1, 0.15) is 24.0 Å². The minimum Gasteiger partial charge on any atom is -0.464 e. The van der Waals surface area contributed by atoms with E-state index in [1.807, 2.05) is 41.5 Å². The number of likely N-dealkylation sites (tertiary alicyclic amines) is 1. The third-order valence-corrected chi connectivity index (χ3v) is 9.15. The number of para-hydroxylation sites is 1. The molecule has 3 aromatic carbocycles. The lowest BCUT2D eigenvalue weighted by Crippen LogP contribution is -2.55. The summed E-state index contributed by atoms with van der Waals surface area (Å²) in [5.41, 5.74) is 12.5. The van der Waals surface area contributed by atoms with Gasteiger partial charge >= 0.3 is 0 Å². The molecular formula is C34H39ClN4O2. The van der Waals surface area contributed by atoms with Crippen LogP contribution in [-0.2, 0) is 17.8 Å². The number of benzene rings is 3. The summed E-state index contributed by atoms with van der Waals surface area (Å²) in [7, 11) is 0. The number of carbonyl (C=O) groups excluding carboxylic acids is 1. The highest BCUT2D eigenvalue weighted by molar-refractivity contribution is 6.30. The van der Waals surface area contributed by atoms with E-state index in [0.717, 1.165) is 82.2 Å². The minimum absolute atomic E-state index is 0.114. The van der Waals surface area contributed by atoms with Crippen molar-refractivity contribution < 1.29 is 9.21 Å². The van der Waals surface area contributed by atoms with Crippen molar-refractivity contribution in [3.05, 3.63) is 95.2 Å². The third kappa shape index (κ3) is 6.52. The molecule has 2 aliphatic heterocycles. The number of rotatable bonds is 8. The first-order valence-corrected chi connectivity index (χ1v) is 15.2. The maximum atomic E-state index is 13.3. The van der Waals surface area contributed by atoms with Crippen molar-refractivity contribution in [1.82, 2.24) is 14.7 Å². The summed E-state index contributed by atoms with van der Waals surface area (Å²) in [6, 6.07) is 24.4. The first-order chi connectivity index (χ1) is 20.0. The Bertz CT molecular complexity index is 1460. The summed E-state index contributed by atoms with van der Waals surface area (Å²) in [4.78, 5) is 20.2. The number of hydrogen-bond acceptors (Lipinski definition) is 5. The largest absolute Gasteiger partial charge is 0.464 e. The number of nitrogens with two attached hydrogens (primary N) is 1. The molecule has 0 radical (unpaired) electrons. The summed E-state index contributed by atoms with van der Waals surface area (Å²) >= 11 is 6.36. The van der Waals surface area contributed by atoms with Crippen LogP contribution in [0.3, 0.4) is 0 Å². The molecule has 6 rings (SSSR count). The Kier molecular flexibility index (Phi) is 8.73. The predicted octanol–water partition coefficient (Wildman–Crippen LogP) is 5.68. The van der Waals surface area contributed by atoms with Crippen molar-refractivity contribution >= 4 is 28.5 Å². The lowest BCUT2D eigenvalue weighted by molar-refractivity contribution is -0.136. The number of amides is 1. The first-order valence-electron chi connectivity index (χ1n) is 14.8. The zero-order valence-electron chi connectivity index (χ0n) is 23.6. The number of piperazine rings is 1. The molecule has 41 heavy (non-hydrogen) atoms. The van der Waals surface area contributed by atoms with Crippen LogP contribution in [0.25, 0.3) is 22.1 Å². The van der Waals surface area contributed by atoms with E-state index in [-0.39, 0.29) is 11.8 Å². The molecule has 1 amide bonds. The van der Waals surface area contributed by atoms with Gasteiger partial charge in [-0.05, 0) is 73.2 Å². The van der Waals surface area contributed by atoms with Crippen LogP contribution in [0, 0.1) is 5.92 Å². The minimum atomic E-state index is -0.417. The molecule has 0 aliphatic carbocycles. The average molecular weight is 571 g/mol. The van der Waals surface area contributed by atoms with Crippen molar-refractivity contribution in [2.24, 2.45) is 11.7 Å². The number of hydrogen-bond donors (Lipinski definition) is 1. The predicted molar refractivity (Wildman–Crippen MR) is 166 cm³/mol. The van der Waals surface area contributed by atoms with Gasteiger partial charge in [0.05, 0.1) is 12.3 Å². The van der Waals surface area contributed by atoms with Crippen LogP contribution in [0.5, 0.6) is 0 Å². The summed E-state index contributed by atoms with van der Waals surface area (Å²) in [6.45, 7) is 6.92. The average Bonchev–Trinajstić information content (AvgIpc) is 3.43. The van der Waals surface area contributed by atoms with Gasteiger partial charge < -0.3 is 20.0 Å². The molecule has 2 saturated heterocycles. The van der Waals surface area contributed by atoms with Gasteiger partial charge in [-0.15, -0.1) is 0 Å². The van der Waals surface area contributed by atoms with Crippen LogP contribution < -0.4 is 5.73 Å². The van der Waals surface area contributed by atoms with Gasteiger partial charge in [-0.3, -0.25) is 9.69 Å². The van der Waals surface area contributed by atoms with Crippen LogP contribution in [0.4, 0.5) is 0 Å². The lowest BCUT2D eigenvalue weighted by Gasteiger charge is -2.39. The van der Waals surface area contributed by atoms with Gasteiger partial charge in [-0.2, -0.15) is 0 Å². The molecule has 2 fully saturated rings. The fraction of sp³-hybridized carbons (Fsp3) is 0.382. The number of carbonyl (C=O) groups is 1. The van der Waals surface area contributed by atoms with Crippen LogP contribution in [-0.4, -0.2) is 72.5 Å². The molecule has 3 heterocycles. The molecule has 0 spiro atoms. The molecule has 1 aromatic heterocycles. The van der Waals surface area contributed by atoms with Crippen molar-refractivity contribution in [2.45, 2.75) is 31.8 Å². The third-order valence-electron chi connectivity index (χ3n) is 8.91. The summed E-state index contributed by atoms with van der Waals surface area (Å²) in [6.07, 6.45) is 4.73. The molecule has 0 unspecified atom stereocenters. The van der Waals surface area contributed by atoms with E-state index in [2.05, 4.69) is 52.3 Å². The molecule has 0 saturated carbocycles. The maximum Gasteiger partial charge on any atom is 0.239 e. The van der Waals surface area contributed by atoms with Gasteiger partial charge in [0.1, 0.15) is 5.58 Å². The number of nitrogens with zero attached hydrogens (tertiary/aromatic N) is 3.